The second-order valence-corrected chi connectivity index (χ2v) is 6.76. The van der Waals surface area contributed by atoms with Crippen molar-refractivity contribution in [3.05, 3.63) is 65.0 Å². The van der Waals surface area contributed by atoms with Crippen LogP contribution in [-0.4, -0.2) is 12.5 Å². The lowest BCUT2D eigenvalue weighted by Crippen LogP contribution is -2.36. The quantitative estimate of drug-likeness (QED) is 0.615. The van der Waals surface area contributed by atoms with Crippen molar-refractivity contribution in [3.63, 3.8) is 0 Å². The van der Waals surface area contributed by atoms with E-state index in [0.29, 0.717) is 5.92 Å². The van der Waals surface area contributed by atoms with Crippen LogP contribution in [0.25, 0.3) is 10.1 Å². The van der Waals surface area contributed by atoms with Crippen molar-refractivity contribution in [1.82, 2.24) is 0 Å². The largest absolute Gasteiger partial charge is 0.308 e. The maximum Gasteiger partial charge on any atom is 0.259 e. The van der Waals surface area contributed by atoms with E-state index in [9.17, 15) is 4.79 Å². The van der Waals surface area contributed by atoms with Crippen molar-refractivity contribution in [2.24, 2.45) is 0 Å². The molecule has 1 atom stereocenters. The molecule has 1 amide bonds. The SMILES string of the molecule is CC1CCN(C(=O)c2csc3ccccc23)c2ccccc21. The van der Waals surface area contributed by atoms with Crippen molar-refractivity contribution in [1.29, 1.82) is 0 Å². The first kappa shape index (κ1) is 13.5. The highest BCUT2D eigenvalue weighted by atomic mass is 32.1. The number of thiophene rings is 1. The Balaban J connectivity index is 1.79. The second kappa shape index (κ2) is 5.25. The van der Waals surface area contributed by atoms with E-state index in [1.165, 1.54) is 10.3 Å². The van der Waals surface area contributed by atoms with Crippen LogP contribution in [-0.2, 0) is 0 Å². The number of nitrogens with zero attached hydrogens (tertiary/aromatic N) is 1. The maximum atomic E-state index is 13.1. The molecule has 0 bridgehead atoms. The molecule has 0 N–H and O–H groups in total. The zero-order valence-electron chi connectivity index (χ0n) is 12.5. The van der Waals surface area contributed by atoms with Crippen LogP contribution in [0.2, 0.25) is 0 Å². The molecule has 4 rings (SSSR count). The van der Waals surface area contributed by atoms with E-state index >= 15 is 0 Å². The molecule has 2 heterocycles. The van der Waals surface area contributed by atoms with Gasteiger partial charge in [-0.3, -0.25) is 4.79 Å². The Kier molecular flexibility index (Phi) is 3.23. The zero-order chi connectivity index (χ0) is 15.1. The maximum absolute atomic E-state index is 13.1. The van der Waals surface area contributed by atoms with Gasteiger partial charge < -0.3 is 4.90 Å². The molecule has 2 nitrogen and oxygen atoms in total. The van der Waals surface area contributed by atoms with E-state index in [4.69, 9.17) is 0 Å². The number of hydrogen-bond donors (Lipinski definition) is 0. The van der Waals surface area contributed by atoms with Gasteiger partial charge in [0.2, 0.25) is 0 Å². The molecule has 0 radical (unpaired) electrons. The first-order valence-corrected chi connectivity index (χ1v) is 8.50. The predicted molar refractivity (Wildman–Crippen MR) is 93.0 cm³/mol. The van der Waals surface area contributed by atoms with Crippen LogP contribution in [0.1, 0.15) is 35.2 Å². The molecule has 0 fully saturated rings. The number of para-hydroxylation sites is 1. The number of benzene rings is 2. The summed E-state index contributed by atoms with van der Waals surface area (Å²) in [5.74, 6) is 0.635. The number of anilines is 1. The Morgan fingerprint density at radius 1 is 1.14 bits per heavy atom. The van der Waals surface area contributed by atoms with Crippen molar-refractivity contribution >= 4 is 33.0 Å². The van der Waals surface area contributed by atoms with Gasteiger partial charge in [-0.25, -0.2) is 0 Å². The smallest absolute Gasteiger partial charge is 0.259 e. The molecule has 0 spiro atoms. The first-order chi connectivity index (χ1) is 10.8. The van der Waals surface area contributed by atoms with Gasteiger partial charge in [0.1, 0.15) is 0 Å². The Bertz CT molecular complexity index is 851. The van der Waals surface area contributed by atoms with Gasteiger partial charge in [0.15, 0.2) is 0 Å². The average molecular weight is 307 g/mol. The molecule has 0 aliphatic carbocycles. The molecule has 0 saturated carbocycles. The van der Waals surface area contributed by atoms with E-state index in [0.717, 1.165) is 29.6 Å². The molecular formula is C19H17NOS. The molecule has 1 aliphatic heterocycles. The highest BCUT2D eigenvalue weighted by molar-refractivity contribution is 7.17. The van der Waals surface area contributed by atoms with Crippen LogP contribution < -0.4 is 4.90 Å². The Morgan fingerprint density at radius 2 is 1.91 bits per heavy atom. The van der Waals surface area contributed by atoms with Gasteiger partial charge >= 0.3 is 0 Å². The third kappa shape index (κ3) is 2.04. The number of rotatable bonds is 1. The van der Waals surface area contributed by atoms with Crippen LogP contribution in [0.5, 0.6) is 0 Å². The van der Waals surface area contributed by atoms with Gasteiger partial charge in [-0.2, -0.15) is 0 Å². The fourth-order valence-electron chi connectivity index (χ4n) is 3.25. The summed E-state index contributed by atoms with van der Waals surface area (Å²) in [5, 5.41) is 3.06. The summed E-state index contributed by atoms with van der Waals surface area (Å²) in [4.78, 5) is 15.0. The fourth-order valence-corrected chi connectivity index (χ4v) is 4.18. The molecule has 1 aromatic heterocycles. The zero-order valence-corrected chi connectivity index (χ0v) is 13.3. The average Bonchev–Trinajstić information content (AvgIpc) is 2.99. The number of amides is 1. The van der Waals surface area contributed by atoms with Crippen molar-refractivity contribution in [2.45, 2.75) is 19.3 Å². The number of fused-ring (bicyclic) bond motifs is 2. The van der Waals surface area contributed by atoms with Gasteiger partial charge in [0, 0.05) is 27.7 Å². The first-order valence-electron chi connectivity index (χ1n) is 7.63. The van der Waals surface area contributed by atoms with Crippen molar-refractivity contribution in [3.8, 4) is 0 Å². The lowest BCUT2D eigenvalue weighted by Gasteiger charge is -2.32. The number of carbonyl (C=O) groups excluding carboxylic acids is 1. The number of hydrogen-bond acceptors (Lipinski definition) is 2. The molecular weight excluding hydrogens is 290 g/mol. The van der Waals surface area contributed by atoms with E-state index in [-0.39, 0.29) is 5.91 Å². The summed E-state index contributed by atoms with van der Waals surface area (Å²) in [7, 11) is 0. The normalized spacial score (nSPS) is 17.5. The van der Waals surface area contributed by atoms with E-state index in [1.54, 1.807) is 11.3 Å². The Morgan fingerprint density at radius 3 is 2.82 bits per heavy atom. The minimum atomic E-state index is 0.122. The standard InChI is InChI=1S/C19H17NOS/c1-13-10-11-20(17-8-4-2-6-14(13)17)19(21)16-12-22-18-9-5-3-7-15(16)18/h2-9,12-13H,10-11H2,1H3. The highest BCUT2D eigenvalue weighted by Gasteiger charge is 2.27. The summed E-state index contributed by atoms with van der Waals surface area (Å²) in [6.45, 7) is 3.03. The fraction of sp³-hybridized carbons (Fsp3) is 0.211. The summed E-state index contributed by atoms with van der Waals surface area (Å²) in [5.41, 5.74) is 3.17. The van der Waals surface area contributed by atoms with Gasteiger partial charge in [0.05, 0.1) is 5.56 Å². The molecule has 22 heavy (non-hydrogen) atoms. The van der Waals surface area contributed by atoms with Crippen molar-refractivity contribution < 1.29 is 4.79 Å². The third-order valence-corrected chi connectivity index (χ3v) is 5.46. The minimum Gasteiger partial charge on any atom is -0.308 e. The summed E-state index contributed by atoms with van der Waals surface area (Å²) < 4.78 is 1.17. The lowest BCUT2D eigenvalue weighted by atomic mass is 9.91. The summed E-state index contributed by atoms with van der Waals surface area (Å²) in [6.07, 6.45) is 1.02. The van der Waals surface area contributed by atoms with Crippen LogP contribution in [0.3, 0.4) is 0 Å². The molecule has 1 unspecified atom stereocenters. The molecule has 0 saturated heterocycles. The lowest BCUT2D eigenvalue weighted by molar-refractivity contribution is 0.0986. The molecule has 3 heteroatoms. The second-order valence-electron chi connectivity index (χ2n) is 5.85. The molecule has 3 aromatic rings. The topological polar surface area (TPSA) is 20.3 Å². The van der Waals surface area contributed by atoms with E-state index in [1.807, 2.05) is 34.5 Å². The van der Waals surface area contributed by atoms with Gasteiger partial charge in [0.25, 0.3) is 5.91 Å². The highest BCUT2D eigenvalue weighted by Crippen LogP contribution is 2.36. The summed E-state index contributed by atoms with van der Waals surface area (Å²) >= 11 is 1.64. The van der Waals surface area contributed by atoms with Gasteiger partial charge in [-0.05, 0) is 30.0 Å². The van der Waals surface area contributed by atoms with Crippen molar-refractivity contribution in [2.75, 3.05) is 11.4 Å². The van der Waals surface area contributed by atoms with Gasteiger partial charge in [-0.1, -0.05) is 43.3 Å². The summed E-state index contributed by atoms with van der Waals surface area (Å²) in [6, 6.07) is 16.4. The Labute approximate surface area is 134 Å². The molecule has 1 aliphatic rings. The van der Waals surface area contributed by atoms with Gasteiger partial charge in [-0.15, -0.1) is 11.3 Å². The van der Waals surface area contributed by atoms with Crippen LogP contribution in [0.15, 0.2) is 53.9 Å². The van der Waals surface area contributed by atoms with Crippen LogP contribution in [0, 0.1) is 0 Å². The Hall–Kier alpha value is -2.13. The monoisotopic (exact) mass is 307 g/mol. The van der Waals surface area contributed by atoms with E-state index < -0.39 is 0 Å². The molecule has 110 valence electrons. The minimum absolute atomic E-state index is 0.122. The molecule has 2 aromatic carbocycles. The van der Waals surface area contributed by atoms with E-state index in [2.05, 4.69) is 31.2 Å². The van der Waals surface area contributed by atoms with Crippen LogP contribution >= 0.6 is 11.3 Å². The number of carbonyl (C=O) groups is 1. The predicted octanol–water partition coefficient (Wildman–Crippen LogP) is 5.06. The van der Waals surface area contributed by atoms with Crippen LogP contribution in [0.4, 0.5) is 5.69 Å². The third-order valence-electron chi connectivity index (χ3n) is 4.50.